The van der Waals surface area contributed by atoms with E-state index in [1.54, 1.807) is 0 Å². The number of carboxylic acid groups (broad SMARTS) is 1. The summed E-state index contributed by atoms with van der Waals surface area (Å²) in [6.45, 7) is 0. The lowest BCUT2D eigenvalue weighted by Gasteiger charge is -2.23. The van der Waals surface area contributed by atoms with Crippen LogP contribution in [0, 0.1) is 0 Å². The van der Waals surface area contributed by atoms with Gasteiger partial charge in [-0.3, -0.25) is 4.79 Å². The molecule has 1 aromatic carbocycles. The van der Waals surface area contributed by atoms with Gasteiger partial charge in [0.1, 0.15) is 6.04 Å². The number of para-hydroxylation sites is 1. The molecule has 0 spiro atoms. The van der Waals surface area contributed by atoms with Gasteiger partial charge in [0, 0.05) is 11.7 Å². The van der Waals surface area contributed by atoms with E-state index in [0.29, 0.717) is 6.42 Å². The second kappa shape index (κ2) is 4.37. The van der Waals surface area contributed by atoms with Gasteiger partial charge in [0.2, 0.25) is 0 Å². The van der Waals surface area contributed by atoms with Crippen LogP contribution in [0.1, 0.15) is 12.0 Å². The van der Waals surface area contributed by atoms with Crippen molar-refractivity contribution < 1.29 is 9.90 Å². The highest BCUT2D eigenvalue weighted by atomic mass is 16.4. The Kier molecular flexibility index (Phi) is 2.92. The summed E-state index contributed by atoms with van der Waals surface area (Å²) < 4.78 is 0. The van der Waals surface area contributed by atoms with Crippen molar-refractivity contribution in [2.45, 2.75) is 18.5 Å². The molecule has 1 aromatic rings. The van der Waals surface area contributed by atoms with Crippen molar-refractivity contribution in [1.82, 2.24) is 0 Å². The van der Waals surface area contributed by atoms with Crippen molar-refractivity contribution in [3.05, 3.63) is 35.9 Å². The molecule has 0 bridgehead atoms. The molecule has 16 heavy (non-hydrogen) atoms. The van der Waals surface area contributed by atoms with Gasteiger partial charge in [-0.25, -0.2) is 0 Å². The zero-order valence-corrected chi connectivity index (χ0v) is 8.76. The van der Waals surface area contributed by atoms with E-state index >= 15 is 0 Å². The van der Waals surface area contributed by atoms with Crippen LogP contribution < -0.4 is 11.1 Å². The summed E-state index contributed by atoms with van der Waals surface area (Å²) >= 11 is 0. The van der Waals surface area contributed by atoms with E-state index < -0.39 is 12.0 Å². The van der Waals surface area contributed by atoms with Crippen molar-refractivity contribution in [3.63, 3.8) is 0 Å². The van der Waals surface area contributed by atoms with Crippen molar-refractivity contribution in [1.29, 1.82) is 0 Å². The molecule has 84 valence electrons. The number of carboxylic acids is 1. The first-order chi connectivity index (χ1) is 7.66. The summed E-state index contributed by atoms with van der Waals surface area (Å²) in [4.78, 5) is 10.6. The minimum absolute atomic E-state index is 0.0130. The molecule has 0 amide bonds. The van der Waals surface area contributed by atoms with Crippen LogP contribution in [0.15, 0.2) is 30.3 Å². The van der Waals surface area contributed by atoms with E-state index in [4.69, 9.17) is 10.8 Å². The van der Waals surface area contributed by atoms with Crippen molar-refractivity contribution in [2.24, 2.45) is 5.73 Å². The lowest BCUT2D eigenvalue weighted by molar-refractivity contribution is -0.138. The van der Waals surface area contributed by atoms with E-state index in [2.05, 4.69) is 5.32 Å². The molecule has 4 N–H and O–H groups in total. The van der Waals surface area contributed by atoms with Gasteiger partial charge in [-0.05, 0) is 18.1 Å². The lowest BCUT2D eigenvalue weighted by atomic mass is 10.0. The second-order valence-electron chi connectivity index (χ2n) is 3.88. The molecule has 2 atom stereocenters. The van der Waals surface area contributed by atoms with Crippen LogP contribution in [-0.4, -0.2) is 23.2 Å². The normalized spacial score (nSPS) is 19.7. The Hall–Kier alpha value is -1.81. The van der Waals surface area contributed by atoms with E-state index in [-0.39, 0.29) is 6.04 Å². The maximum atomic E-state index is 10.6. The molecule has 0 saturated carbocycles. The van der Waals surface area contributed by atoms with Crippen LogP contribution in [0.25, 0.3) is 6.08 Å². The Balaban J connectivity index is 2.06. The highest BCUT2D eigenvalue weighted by Gasteiger charge is 2.19. The minimum Gasteiger partial charge on any atom is -0.480 e. The quantitative estimate of drug-likeness (QED) is 0.714. The maximum absolute atomic E-state index is 10.6. The van der Waals surface area contributed by atoms with Crippen LogP contribution in [0.2, 0.25) is 0 Å². The predicted octanol–water partition coefficient (Wildman–Crippen LogP) is 1.30. The Morgan fingerprint density at radius 1 is 1.50 bits per heavy atom. The first-order valence-electron chi connectivity index (χ1n) is 5.19. The zero-order valence-electron chi connectivity index (χ0n) is 8.76. The van der Waals surface area contributed by atoms with Gasteiger partial charge in [-0.1, -0.05) is 30.4 Å². The van der Waals surface area contributed by atoms with Gasteiger partial charge < -0.3 is 16.2 Å². The SMILES string of the molecule is N[C@@H](CC1C=Cc2ccccc2N1)C(=O)O. The molecule has 0 radical (unpaired) electrons. The molecule has 0 aromatic heterocycles. The van der Waals surface area contributed by atoms with Crippen LogP contribution in [0.3, 0.4) is 0 Å². The summed E-state index contributed by atoms with van der Waals surface area (Å²) in [6, 6.07) is 7.05. The van der Waals surface area contributed by atoms with Gasteiger partial charge in [0.05, 0.1) is 0 Å². The van der Waals surface area contributed by atoms with E-state index in [9.17, 15) is 4.79 Å². The van der Waals surface area contributed by atoms with Crippen molar-refractivity contribution >= 4 is 17.7 Å². The molecule has 1 aliphatic rings. The second-order valence-corrected chi connectivity index (χ2v) is 3.88. The Morgan fingerprint density at radius 2 is 2.25 bits per heavy atom. The van der Waals surface area contributed by atoms with Crippen LogP contribution in [0.4, 0.5) is 5.69 Å². The number of aliphatic carboxylic acids is 1. The van der Waals surface area contributed by atoms with Gasteiger partial charge in [0.15, 0.2) is 0 Å². The molecular weight excluding hydrogens is 204 g/mol. The number of nitrogens with two attached hydrogens (primary N) is 1. The predicted molar refractivity (Wildman–Crippen MR) is 63.1 cm³/mol. The van der Waals surface area contributed by atoms with Gasteiger partial charge >= 0.3 is 5.97 Å². The molecule has 0 aliphatic carbocycles. The average Bonchev–Trinajstić information content (AvgIpc) is 2.28. The standard InChI is InChI=1S/C12H14N2O2/c13-10(12(15)16)7-9-6-5-8-3-1-2-4-11(8)14-9/h1-6,9-10,14H,7,13H2,(H,15,16)/t9?,10-/m0/s1. The first kappa shape index (κ1) is 10.7. The molecule has 1 aliphatic heterocycles. The number of rotatable bonds is 3. The molecular formula is C12H14N2O2. The monoisotopic (exact) mass is 218 g/mol. The number of anilines is 1. The molecule has 1 unspecified atom stereocenters. The Morgan fingerprint density at radius 3 is 3.00 bits per heavy atom. The third-order valence-electron chi connectivity index (χ3n) is 2.63. The maximum Gasteiger partial charge on any atom is 0.320 e. The Labute approximate surface area is 93.8 Å². The highest BCUT2D eigenvalue weighted by molar-refractivity contribution is 5.74. The molecule has 0 saturated heterocycles. The highest BCUT2D eigenvalue weighted by Crippen LogP contribution is 2.23. The molecule has 4 heteroatoms. The van der Waals surface area contributed by atoms with E-state index in [1.165, 1.54) is 0 Å². The number of carbonyl (C=O) groups is 1. The van der Waals surface area contributed by atoms with Gasteiger partial charge in [-0.15, -0.1) is 0 Å². The average molecular weight is 218 g/mol. The van der Waals surface area contributed by atoms with E-state index in [1.807, 2.05) is 36.4 Å². The number of hydrogen-bond acceptors (Lipinski definition) is 3. The molecule has 1 heterocycles. The van der Waals surface area contributed by atoms with Crippen LogP contribution in [-0.2, 0) is 4.79 Å². The third-order valence-corrected chi connectivity index (χ3v) is 2.63. The van der Waals surface area contributed by atoms with Gasteiger partial charge in [-0.2, -0.15) is 0 Å². The van der Waals surface area contributed by atoms with Crippen LogP contribution >= 0.6 is 0 Å². The molecule has 2 rings (SSSR count). The lowest BCUT2D eigenvalue weighted by Crippen LogP contribution is -2.36. The summed E-state index contributed by atoms with van der Waals surface area (Å²) in [5.74, 6) is -0.964. The topological polar surface area (TPSA) is 75.3 Å². The smallest absolute Gasteiger partial charge is 0.320 e. The summed E-state index contributed by atoms with van der Waals surface area (Å²) in [5.41, 5.74) is 7.63. The molecule has 0 fully saturated rings. The van der Waals surface area contributed by atoms with Crippen molar-refractivity contribution in [3.8, 4) is 0 Å². The van der Waals surface area contributed by atoms with Gasteiger partial charge in [0.25, 0.3) is 0 Å². The fraction of sp³-hybridized carbons (Fsp3) is 0.250. The summed E-state index contributed by atoms with van der Waals surface area (Å²) in [5, 5.41) is 12.0. The van der Waals surface area contributed by atoms with E-state index in [0.717, 1.165) is 11.3 Å². The largest absolute Gasteiger partial charge is 0.480 e. The fourth-order valence-electron chi connectivity index (χ4n) is 1.75. The third kappa shape index (κ3) is 2.23. The number of fused-ring (bicyclic) bond motifs is 1. The van der Waals surface area contributed by atoms with Crippen molar-refractivity contribution in [2.75, 3.05) is 5.32 Å². The molecule has 4 nitrogen and oxygen atoms in total. The fourth-order valence-corrected chi connectivity index (χ4v) is 1.75. The summed E-state index contributed by atoms with van der Waals surface area (Å²) in [7, 11) is 0. The Bertz CT molecular complexity index is 429. The minimum atomic E-state index is -0.964. The van der Waals surface area contributed by atoms with Crippen LogP contribution in [0.5, 0.6) is 0 Å². The number of hydrogen-bond donors (Lipinski definition) is 3. The number of nitrogens with one attached hydrogen (secondary N) is 1. The summed E-state index contributed by atoms with van der Waals surface area (Å²) in [6.07, 6.45) is 4.33. The first-order valence-corrected chi connectivity index (χ1v) is 5.19. The number of benzene rings is 1. The zero-order chi connectivity index (χ0) is 11.5.